The molecule has 1 aliphatic carbocycles. The van der Waals surface area contributed by atoms with E-state index in [9.17, 15) is 8.78 Å². The second-order valence-electron chi connectivity index (χ2n) is 6.84. The topological polar surface area (TPSA) is 9.23 Å². The lowest BCUT2D eigenvalue weighted by atomic mass is 9.77. The Morgan fingerprint density at radius 1 is 0.957 bits per heavy atom. The highest BCUT2D eigenvalue weighted by atomic mass is 19.2. The summed E-state index contributed by atoms with van der Waals surface area (Å²) in [6, 6.07) is 3.34. The van der Waals surface area contributed by atoms with Gasteiger partial charge in [0.2, 0.25) is 5.82 Å². The number of rotatable bonds is 8. The molecule has 1 nitrogen and oxygen atoms in total. The van der Waals surface area contributed by atoms with Crippen LogP contribution in [0.25, 0.3) is 0 Å². The van der Waals surface area contributed by atoms with E-state index < -0.39 is 11.6 Å². The molecule has 130 valence electrons. The fraction of sp³-hybridized carbons (Fsp3) is 0.700. The lowest BCUT2D eigenvalue weighted by Crippen LogP contribution is -2.15. The lowest BCUT2D eigenvalue weighted by Gasteiger charge is -2.29. The number of hydrogen-bond donors (Lipinski definition) is 0. The first-order valence-corrected chi connectivity index (χ1v) is 9.28. The molecule has 0 spiro atoms. The minimum atomic E-state index is -0.810. The Labute approximate surface area is 139 Å². The summed E-state index contributed by atoms with van der Waals surface area (Å²) in [5, 5.41) is 0. The molecular weight excluding hydrogens is 294 g/mol. The maximum absolute atomic E-state index is 14.4. The highest BCUT2D eigenvalue weighted by Crippen LogP contribution is 2.39. The fourth-order valence-corrected chi connectivity index (χ4v) is 3.68. The number of hydrogen-bond acceptors (Lipinski definition) is 1. The third-order valence-electron chi connectivity index (χ3n) is 5.07. The summed E-state index contributed by atoms with van der Waals surface area (Å²) in [6.07, 6.45) is 9.68. The first kappa shape index (κ1) is 18.2. The van der Waals surface area contributed by atoms with Crippen LogP contribution in [0.2, 0.25) is 0 Å². The molecule has 0 bridgehead atoms. The van der Waals surface area contributed by atoms with Gasteiger partial charge in [-0.2, -0.15) is 4.39 Å². The molecule has 1 saturated carbocycles. The van der Waals surface area contributed by atoms with Crippen molar-refractivity contribution in [1.29, 1.82) is 0 Å². The third kappa shape index (κ3) is 4.92. The molecule has 2 rings (SSSR count). The predicted molar refractivity (Wildman–Crippen MR) is 91.0 cm³/mol. The number of benzene rings is 1. The van der Waals surface area contributed by atoms with E-state index >= 15 is 0 Å². The molecule has 1 aromatic carbocycles. The summed E-state index contributed by atoms with van der Waals surface area (Å²) >= 11 is 0. The maximum atomic E-state index is 14.4. The number of halogens is 2. The van der Waals surface area contributed by atoms with Crippen LogP contribution in [-0.4, -0.2) is 6.61 Å². The molecule has 0 N–H and O–H groups in total. The summed E-state index contributed by atoms with van der Waals surface area (Å²) in [5.41, 5.74) is 0.540. The van der Waals surface area contributed by atoms with Crippen LogP contribution in [0.1, 0.15) is 83.1 Å². The molecule has 0 aromatic heterocycles. The summed E-state index contributed by atoms with van der Waals surface area (Å²) in [5.74, 6) is -0.522. The summed E-state index contributed by atoms with van der Waals surface area (Å²) in [7, 11) is 0. The van der Waals surface area contributed by atoms with Crippen LogP contribution < -0.4 is 4.74 Å². The van der Waals surface area contributed by atoms with E-state index in [0.29, 0.717) is 12.2 Å². The Balaban J connectivity index is 1.97. The molecule has 3 heteroatoms. The highest BCUT2D eigenvalue weighted by molar-refractivity contribution is 5.33. The molecule has 0 radical (unpaired) electrons. The molecule has 0 unspecified atom stereocenters. The Hall–Kier alpha value is -1.12. The SMILES string of the molecule is CCCCCOc1ccc([C@H]2CC[C@H](CCC)CC2)c(F)c1F. The molecule has 0 saturated heterocycles. The third-order valence-corrected chi connectivity index (χ3v) is 5.07. The van der Waals surface area contributed by atoms with Crippen molar-refractivity contribution in [2.45, 2.75) is 77.6 Å². The van der Waals surface area contributed by atoms with Gasteiger partial charge < -0.3 is 4.74 Å². The number of ether oxygens (including phenoxy) is 1. The van der Waals surface area contributed by atoms with E-state index in [0.717, 1.165) is 50.9 Å². The largest absolute Gasteiger partial charge is 0.490 e. The fourth-order valence-electron chi connectivity index (χ4n) is 3.68. The van der Waals surface area contributed by atoms with Crippen LogP contribution in [0.15, 0.2) is 12.1 Å². The average molecular weight is 324 g/mol. The van der Waals surface area contributed by atoms with Gasteiger partial charge in [-0.15, -0.1) is 0 Å². The lowest BCUT2D eigenvalue weighted by molar-refractivity contribution is 0.281. The monoisotopic (exact) mass is 324 g/mol. The van der Waals surface area contributed by atoms with E-state index in [1.807, 2.05) is 0 Å². The molecule has 0 atom stereocenters. The molecule has 0 heterocycles. The molecule has 23 heavy (non-hydrogen) atoms. The minimum absolute atomic E-state index is 0.0574. The van der Waals surface area contributed by atoms with Gasteiger partial charge in [-0.1, -0.05) is 45.6 Å². The van der Waals surface area contributed by atoms with Crippen LogP contribution in [-0.2, 0) is 0 Å². The van der Waals surface area contributed by atoms with Gasteiger partial charge in [0.25, 0.3) is 0 Å². The highest BCUT2D eigenvalue weighted by Gasteiger charge is 2.26. The summed E-state index contributed by atoms with van der Waals surface area (Å²) < 4.78 is 34.0. The maximum Gasteiger partial charge on any atom is 0.200 e. The van der Waals surface area contributed by atoms with Gasteiger partial charge in [-0.05, 0) is 55.6 Å². The van der Waals surface area contributed by atoms with Gasteiger partial charge in [0.05, 0.1) is 6.61 Å². The van der Waals surface area contributed by atoms with Crippen molar-refractivity contribution in [1.82, 2.24) is 0 Å². The Morgan fingerprint density at radius 2 is 1.70 bits per heavy atom. The molecule has 1 aromatic rings. The van der Waals surface area contributed by atoms with Gasteiger partial charge in [-0.3, -0.25) is 0 Å². The Morgan fingerprint density at radius 3 is 2.35 bits per heavy atom. The zero-order chi connectivity index (χ0) is 16.7. The van der Waals surface area contributed by atoms with Gasteiger partial charge in [-0.25, -0.2) is 4.39 Å². The van der Waals surface area contributed by atoms with Crippen LogP contribution in [0.4, 0.5) is 8.78 Å². The normalized spacial score (nSPS) is 21.4. The van der Waals surface area contributed by atoms with Crippen molar-refractivity contribution in [3.8, 4) is 5.75 Å². The zero-order valence-corrected chi connectivity index (χ0v) is 14.5. The van der Waals surface area contributed by atoms with Crippen molar-refractivity contribution in [2.75, 3.05) is 6.61 Å². The quantitative estimate of drug-likeness (QED) is 0.489. The van der Waals surface area contributed by atoms with Crippen LogP contribution in [0.5, 0.6) is 5.75 Å². The van der Waals surface area contributed by atoms with Crippen LogP contribution in [0.3, 0.4) is 0 Å². The van der Waals surface area contributed by atoms with E-state index in [-0.39, 0.29) is 11.7 Å². The summed E-state index contributed by atoms with van der Waals surface area (Å²) in [6.45, 7) is 4.76. The Kier molecular flexibility index (Phi) is 7.32. The van der Waals surface area contributed by atoms with Gasteiger partial charge in [0, 0.05) is 0 Å². The summed E-state index contributed by atoms with van der Waals surface area (Å²) in [4.78, 5) is 0. The van der Waals surface area contributed by atoms with Gasteiger partial charge in [0.15, 0.2) is 11.6 Å². The second-order valence-corrected chi connectivity index (χ2v) is 6.84. The first-order chi connectivity index (χ1) is 11.2. The smallest absolute Gasteiger partial charge is 0.200 e. The van der Waals surface area contributed by atoms with Crippen molar-refractivity contribution < 1.29 is 13.5 Å². The molecule has 0 amide bonds. The molecular formula is C20H30F2O. The number of unbranched alkanes of at least 4 members (excludes halogenated alkanes) is 2. The predicted octanol–water partition coefficient (Wildman–Crippen LogP) is 6.61. The first-order valence-electron chi connectivity index (χ1n) is 9.28. The van der Waals surface area contributed by atoms with Gasteiger partial charge in [0.1, 0.15) is 0 Å². The average Bonchev–Trinajstić information content (AvgIpc) is 2.57. The van der Waals surface area contributed by atoms with E-state index in [1.54, 1.807) is 12.1 Å². The second kappa shape index (κ2) is 9.24. The Bertz CT molecular complexity index is 479. The zero-order valence-electron chi connectivity index (χ0n) is 14.5. The van der Waals surface area contributed by atoms with Crippen LogP contribution in [0, 0.1) is 17.6 Å². The van der Waals surface area contributed by atoms with E-state index in [4.69, 9.17) is 4.74 Å². The molecule has 0 aliphatic heterocycles. The van der Waals surface area contributed by atoms with Crippen molar-refractivity contribution in [2.24, 2.45) is 5.92 Å². The molecule has 1 aliphatic rings. The standard InChI is InChI=1S/C20H30F2O/c1-3-5-6-14-23-18-13-12-17(19(21)20(18)22)16-10-8-15(7-4-2)9-11-16/h12-13,15-16H,3-11,14H2,1-2H3/t15-,16-. The van der Waals surface area contributed by atoms with Crippen molar-refractivity contribution >= 4 is 0 Å². The molecule has 1 fully saturated rings. The van der Waals surface area contributed by atoms with Crippen molar-refractivity contribution in [3.05, 3.63) is 29.3 Å². The van der Waals surface area contributed by atoms with Crippen molar-refractivity contribution in [3.63, 3.8) is 0 Å². The van der Waals surface area contributed by atoms with Crippen LogP contribution >= 0.6 is 0 Å². The van der Waals surface area contributed by atoms with E-state index in [1.165, 1.54) is 12.8 Å². The van der Waals surface area contributed by atoms with E-state index in [2.05, 4.69) is 13.8 Å². The van der Waals surface area contributed by atoms with Gasteiger partial charge >= 0.3 is 0 Å². The minimum Gasteiger partial charge on any atom is -0.490 e.